The van der Waals surface area contributed by atoms with Crippen LogP contribution in [-0.4, -0.2) is 16.1 Å². The van der Waals surface area contributed by atoms with Gasteiger partial charge in [-0.3, -0.25) is 10.1 Å². The first kappa shape index (κ1) is 14.1. The summed E-state index contributed by atoms with van der Waals surface area (Å²) in [6.45, 7) is 0. The molecule has 1 aromatic heterocycles. The Kier molecular flexibility index (Phi) is 4.02. The molecule has 0 aliphatic heterocycles. The van der Waals surface area contributed by atoms with Crippen LogP contribution in [0, 0.1) is 10.1 Å². The number of hydrogen-bond donors (Lipinski definition) is 0. The van der Waals surface area contributed by atoms with Crippen LogP contribution in [0.2, 0.25) is 0 Å². The second kappa shape index (κ2) is 6.28. The van der Waals surface area contributed by atoms with Gasteiger partial charge in [-0.25, -0.2) is 9.98 Å². The number of thiazole rings is 1. The van der Waals surface area contributed by atoms with E-state index >= 15 is 0 Å². The van der Waals surface area contributed by atoms with E-state index in [-0.39, 0.29) is 5.69 Å². The third kappa shape index (κ3) is 3.24. The predicted octanol–water partition coefficient (Wildman–Crippen LogP) is 4.47. The minimum atomic E-state index is -0.423. The Morgan fingerprint density at radius 1 is 1.09 bits per heavy atom. The van der Waals surface area contributed by atoms with Crippen LogP contribution in [0.15, 0.2) is 65.0 Å². The molecular weight excluding hydrogens is 298 g/mol. The minimum absolute atomic E-state index is 0.0674. The van der Waals surface area contributed by atoms with Crippen LogP contribution in [0.5, 0.6) is 0 Å². The van der Waals surface area contributed by atoms with Crippen LogP contribution in [0.3, 0.4) is 0 Å². The Balaban J connectivity index is 1.76. The van der Waals surface area contributed by atoms with E-state index < -0.39 is 4.92 Å². The highest BCUT2D eigenvalue weighted by molar-refractivity contribution is 7.13. The minimum Gasteiger partial charge on any atom is -0.258 e. The van der Waals surface area contributed by atoms with Gasteiger partial charge in [0.1, 0.15) is 0 Å². The molecule has 1 heterocycles. The van der Waals surface area contributed by atoms with Gasteiger partial charge in [-0.1, -0.05) is 30.3 Å². The maximum Gasteiger partial charge on any atom is 0.269 e. The average Bonchev–Trinajstić information content (AvgIpc) is 3.03. The Morgan fingerprint density at radius 3 is 2.50 bits per heavy atom. The highest BCUT2D eigenvalue weighted by Gasteiger charge is 2.04. The van der Waals surface area contributed by atoms with E-state index in [2.05, 4.69) is 9.98 Å². The van der Waals surface area contributed by atoms with E-state index in [0.29, 0.717) is 5.13 Å². The van der Waals surface area contributed by atoms with Crippen LogP contribution in [-0.2, 0) is 0 Å². The van der Waals surface area contributed by atoms with Crippen LogP contribution < -0.4 is 0 Å². The molecule has 2 aromatic carbocycles. The number of aromatic nitrogens is 1. The molecule has 0 N–H and O–H groups in total. The zero-order valence-electron chi connectivity index (χ0n) is 11.4. The lowest BCUT2D eigenvalue weighted by molar-refractivity contribution is -0.384. The molecular formula is C16H11N3O2S. The van der Waals surface area contributed by atoms with Crippen molar-refractivity contribution in [1.29, 1.82) is 0 Å². The van der Waals surface area contributed by atoms with Gasteiger partial charge in [0.25, 0.3) is 5.69 Å². The molecule has 0 bridgehead atoms. The normalized spacial score (nSPS) is 10.9. The molecule has 5 nitrogen and oxygen atoms in total. The van der Waals surface area contributed by atoms with Gasteiger partial charge in [-0.2, -0.15) is 0 Å². The summed E-state index contributed by atoms with van der Waals surface area (Å²) in [5, 5.41) is 13.2. The lowest BCUT2D eigenvalue weighted by Gasteiger charge is -1.94. The molecule has 6 heteroatoms. The first-order valence-electron chi connectivity index (χ1n) is 6.52. The predicted molar refractivity (Wildman–Crippen MR) is 87.9 cm³/mol. The summed E-state index contributed by atoms with van der Waals surface area (Å²) in [7, 11) is 0. The topological polar surface area (TPSA) is 68.4 Å². The van der Waals surface area contributed by atoms with Crippen LogP contribution in [0.1, 0.15) is 5.56 Å². The third-order valence-electron chi connectivity index (χ3n) is 2.99. The number of nitrogens with zero attached hydrogens (tertiary/aromatic N) is 3. The van der Waals surface area contributed by atoms with Crippen molar-refractivity contribution in [2.45, 2.75) is 0 Å². The van der Waals surface area contributed by atoms with Crippen molar-refractivity contribution in [1.82, 2.24) is 4.98 Å². The largest absolute Gasteiger partial charge is 0.269 e. The van der Waals surface area contributed by atoms with E-state index in [1.54, 1.807) is 18.3 Å². The van der Waals surface area contributed by atoms with E-state index in [1.807, 2.05) is 35.7 Å². The summed E-state index contributed by atoms with van der Waals surface area (Å²) in [6.07, 6.45) is 1.65. The smallest absolute Gasteiger partial charge is 0.258 e. The van der Waals surface area contributed by atoms with E-state index in [9.17, 15) is 10.1 Å². The molecule has 3 aromatic rings. The molecule has 0 saturated carbocycles. The standard InChI is InChI=1S/C16H11N3O2S/c20-19(21)14-8-6-12(7-9-14)10-17-16-18-15(11-22-16)13-4-2-1-3-5-13/h1-11H. The zero-order valence-corrected chi connectivity index (χ0v) is 12.2. The van der Waals surface area contributed by atoms with Crippen molar-refractivity contribution in [3.05, 3.63) is 75.7 Å². The summed E-state index contributed by atoms with van der Waals surface area (Å²) in [6, 6.07) is 16.1. The molecule has 0 radical (unpaired) electrons. The van der Waals surface area contributed by atoms with Gasteiger partial charge in [0, 0.05) is 29.3 Å². The first-order chi connectivity index (χ1) is 10.7. The monoisotopic (exact) mass is 309 g/mol. The van der Waals surface area contributed by atoms with E-state index in [0.717, 1.165) is 16.8 Å². The lowest BCUT2D eigenvalue weighted by atomic mass is 10.2. The van der Waals surface area contributed by atoms with Crippen LogP contribution in [0.25, 0.3) is 11.3 Å². The Morgan fingerprint density at radius 2 is 1.82 bits per heavy atom. The number of benzene rings is 2. The van der Waals surface area contributed by atoms with Gasteiger partial charge in [0.05, 0.1) is 10.6 Å². The average molecular weight is 309 g/mol. The summed E-state index contributed by atoms with van der Waals surface area (Å²) in [4.78, 5) is 18.9. The molecule has 0 aliphatic rings. The molecule has 0 atom stereocenters. The Hall–Kier alpha value is -2.86. The molecule has 0 unspecified atom stereocenters. The maximum atomic E-state index is 10.6. The maximum absolute atomic E-state index is 10.6. The van der Waals surface area contributed by atoms with Gasteiger partial charge in [-0.05, 0) is 17.7 Å². The molecule has 22 heavy (non-hydrogen) atoms. The summed E-state index contributed by atoms with van der Waals surface area (Å²) >= 11 is 1.45. The number of non-ortho nitro benzene ring substituents is 1. The van der Waals surface area contributed by atoms with E-state index in [1.165, 1.54) is 23.5 Å². The SMILES string of the molecule is O=[N+]([O-])c1ccc(C=Nc2nc(-c3ccccc3)cs2)cc1. The number of aliphatic imine (C=N–C) groups is 1. The zero-order chi connectivity index (χ0) is 15.4. The van der Waals surface area contributed by atoms with Crippen molar-refractivity contribution >= 4 is 28.4 Å². The van der Waals surface area contributed by atoms with Gasteiger partial charge in [-0.15, -0.1) is 11.3 Å². The molecule has 108 valence electrons. The molecule has 0 spiro atoms. The third-order valence-corrected chi connectivity index (χ3v) is 3.74. The molecule has 3 rings (SSSR count). The number of hydrogen-bond acceptors (Lipinski definition) is 5. The highest BCUT2D eigenvalue weighted by Crippen LogP contribution is 2.26. The Bertz CT molecular complexity index is 811. The van der Waals surface area contributed by atoms with Gasteiger partial charge >= 0.3 is 0 Å². The quantitative estimate of drug-likeness (QED) is 0.405. The molecule has 0 fully saturated rings. The second-order valence-electron chi connectivity index (χ2n) is 4.49. The summed E-state index contributed by atoms with van der Waals surface area (Å²) in [5.41, 5.74) is 2.80. The molecule has 0 amide bonds. The van der Waals surface area contributed by atoms with Crippen molar-refractivity contribution in [2.24, 2.45) is 4.99 Å². The van der Waals surface area contributed by atoms with Gasteiger partial charge in [0.15, 0.2) is 0 Å². The Labute approximate surface area is 130 Å². The summed E-state index contributed by atoms with van der Waals surface area (Å²) < 4.78 is 0. The fourth-order valence-electron chi connectivity index (χ4n) is 1.88. The summed E-state index contributed by atoms with van der Waals surface area (Å²) in [5.74, 6) is 0. The van der Waals surface area contributed by atoms with Crippen molar-refractivity contribution in [3.8, 4) is 11.3 Å². The highest BCUT2D eigenvalue weighted by atomic mass is 32.1. The van der Waals surface area contributed by atoms with Gasteiger partial charge in [0.2, 0.25) is 5.13 Å². The molecule has 0 saturated heterocycles. The lowest BCUT2D eigenvalue weighted by Crippen LogP contribution is -1.88. The fourth-order valence-corrected chi connectivity index (χ4v) is 2.55. The van der Waals surface area contributed by atoms with E-state index in [4.69, 9.17) is 0 Å². The number of nitro groups is 1. The molecule has 0 aliphatic carbocycles. The number of nitro benzene ring substituents is 1. The number of rotatable bonds is 4. The second-order valence-corrected chi connectivity index (χ2v) is 5.32. The van der Waals surface area contributed by atoms with Crippen molar-refractivity contribution < 1.29 is 4.92 Å². The van der Waals surface area contributed by atoms with Crippen molar-refractivity contribution in [3.63, 3.8) is 0 Å². The van der Waals surface area contributed by atoms with Crippen LogP contribution >= 0.6 is 11.3 Å². The first-order valence-corrected chi connectivity index (χ1v) is 7.40. The van der Waals surface area contributed by atoms with Gasteiger partial charge < -0.3 is 0 Å². The van der Waals surface area contributed by atoms with Crippen LogP contribution in [0.4, 0.5) is 10.8 Å². The van der Waals surface area contributed by atoms with Crippen molar-refractivity contribution in [2.75, 3.05) is 0 Å². The fraction of sp³-hybridized carbons (Fsp3) is 0.